The van der Waals surface area contributed by atoms with Crippen LogP contribution in [0, 0.1) is 12.7 Å². The van der Waals surface area contributed by atoms with E-state index in [9.17, 15) is 0 Å². The van der Waals surface area contributed by atoms with Gasteiger partial charge in [-0.2, -0.15) is 0 Å². The molecule has 1 saturated carbocycles. The lowest BCUT2D eigenvalue weighted by Gasteiger charge is -2.22. The van der Waals surface area contributed by atoms with Gasteiger partial charge in [0.2, 0.25) is 5.69 Å². The van der Waals surface area contributed by atoms with Crippen molar-refractivity contribution in [2.45, 2.75) is 44.9 Å². The number of hydrogen-bond donors (Lipinski definition) is 0. The highest BCUT2D eigenvalue weighted by Crippen LogP contribution is 2.42. The lowest BCUT2D eigenvalue weighted by atomic mass is 9.83. The first-order chi connectivity index (χ1) is 16.6. The van der Waals surface area contributed by atoms with Crippen LogP contribution < -0.4 is 4.57 Å². The molecule has 1 aliphatic carbocycles. The van der Waals surface area contributed by atoms with E-state index in [1.165, 1.54) is 37.7 Å². The molecule has 5 aromatic rings. The van der Waals surface area contributed by atoms with E-state index in [4.69, 9.17) is 4.42 Å². The summed E-state index contributed by atoms with van der Waals surface area (Å²) in [6.45, 7) is 1.95. The van der Waals surface area contributed by atoms with Crippen molar-refractivity contribution >= 4 is 21.9 Å². The van der Waals surface area contributed by atoms with Crippen molar-refractivity contribution < 1.29 is 13.4 Å². The van der Waals surface area contributed by atoms with Gasteiger partial charge in [0, 0.05) is 23.1 Å². The van der Waals surface area contributed by atoms with Gasteiger partial charge in [-0.3, -0.25) is 0 Å². The Balaban J connectivity index is 1.54. The predicted octanol–water partition coefficient (Wildman–Crippen LogP) is 8.24. The number of aromatic nitrogens is 1. The largest absolute Gasteiger partial charge is 0.454 e. The van der Waals surface area contributed by atoms with Gasteiger partial charge in [0.05, 0.1) is 10.9 Å². The van der Waals surface area contributed by atoms with Crippen molar-refractivity contribution in [3.63, 3.8) is 0 Å². The molecule has 2 heterocycles. The Hall–Kier alpha value is -3.46. The number of hydrogen-bond acceptors (Lipinski definition) is 1. The maximum Gasteiger partial charge on any atom is 0.216 e. The lowest BCUT2D eigenvalue weighted by molar-refractivity contribution is -0.660. The summed E-state index contributed by atoms with van der Waals surface area (Å²) >= 11 is 0. The monoisotopic (exact) mass is 450 g/mol. The molecule has 3 heteroatoms. The Morgan fingerprint density at radius 1 is 0.882 bits per heavy atom. The molecule has 6 rings (SSSR count). The quantitative estimate of drug-likeness (QED) is 0.253. The van der Waals surface area contributed by atoms with Crippen LogP contribution in [0.1, 0.15) is 49.1 Å². The molecule has 34 heavy (non-hydrogen) atoms. The Labute approximate surface area is 199 Å². The molecule has 0 radical (unpaired) electrons. The van der Waals surface area contributed by atoms with Gasteiger partial charge in [0.25, 0.3) is 0 Å². The SMILES string of the molecule is Cc1cc(F)c2c(oc3c(-c4ccc(C5CCCCC5)cc4)cccc32)c1-c1cccc[n+]1C. The molecule has 0 saturated heterocycles. The van der Waals surface area contributed by atoms with E-state index in [1.54, 1.807) is 6.07 Å². The van der Waals surface area contributed by atoms with E-state index in [1.807, 2.05) is 44.4 Å². The highest BCUT2D eigenvalue weighted by molar-refractivity contribution is 6.13. The lowest BCUT2D eigenvalue weighted by Crippen LogP contribution is -2.30. The fourth-order valence-electron chi connectivity index (χ4n) is 5.75. The first-order valence-corrected chi connectivity index (χ1v) is 12.3. The molecule has 0 bridgehead atoms. The second kappa shape index (κ2) is 8.39. The minimum atomic E-state index is -0.238. The van der Waals surface area contributed by atoms with Gasteiger partial charge in [-0.15, -0.1) is 0 Å². The van der Waals surface area contributed by atoms with Crippen molar-refractivity contribution in [3.8, 4) is 22.4 Å². The summed E-state index contributed by atoms with van der Waals surface area (Å²) in [4.78, 5) is 0. The van der Waals surface area contributed by atoms with E-state index in [0.717, 1.165) is 38.9 Å². The Morgan fingerprint density at radius 2 is 1.68 bits per heavy atom. The van der Waals surface area contributed by atoms with Crippen LogP contribution in [0.3, 0.4) is 0 Å². The molecular weight excluding hydrogens is 421 g/mol. The van der Waals surface area contributed by atoms with Crippen LogP contribution in [-0.4, -0.2) is 0 Å². The molecule has 0 aliphatic heterocycles. The first kappa shape index (κ1) is 21.1. The van der Waals surface area contributed by atoms with E-state index in [0.29, 0.717) is 16.9 Å². The molecule has 2 aromatic heterocycles. The van der Waals surface area contributed by atoms with E-state index >= 15 is 4.39 Å². The normalized spacial score (nSPS) is 14.8. The molecule has 0 N–H and O–H groups in total. The molecule has 0 spiro atoms. The number of fused-ring (bicyclic) bond motifs is 3. The van der Waals surface area contributed by atoms with Crippen LogP contribution in [0.5, 0.6) is 0 Å². The fourth-order valence-corrected chi connectivity index (χ4v) is 5.75. The summed E-state index contributed by atoms with van der Waals surface area (Å²) in [5, 5.41) is 1.38. The molecule has 0 unspecified atom stereocenters. The number of para-hydroxylation sites is 1. The molecule has 1 fully saturated rings. The average Bonchev–Trinajstić information content (AvgIpc) is 3.26. The molecule has 0 amide bonds. The van der Waals surface area contributed by atoms with Gasteiger partial charge in [0.1, 0.15) is 18.4 Å². The van der Waals surface area contributed by atoms with Crippen LogP contribution in [-0.2, 0) is 7.05 Å². The smallest absolute Gasteiger partial charge is 0.216 e. The number of aryl methyl sites for hydroxylation is 2. The summed E-state index contributed by atoms with van der Waals surface area (Å²) in [6, 6.07) is 22.7. The maximum absolute atomic E-state index is 15.3. The summed E-state index contributed by atoms with van der Waals surface area (Å²) in [5.41, 5.74) is 7.70. The minimum absolute atomic E-state index is 0.238. The topological polar surface area (TPSA) is 17.0 Å². The van der Waals surface area contributed by atoms with Gasteiger partial charge >= 0.3 is 0 Å². The second-order valence-corrected chi connectivity index (χ2v) is 9.69. The zero-order valence-corrected chi connectivity index (χ0v) is 19.8. The number of benzene rings is 3. The number of pyridine rings is 1. The second-order valence-electron chi connectivity index (χ2n) is 9.69. The van der Waals surface area contributed by atoms with Crippen LogP contribution in [0.2, 0.25) is 0 Å². The van der Waals surface area contributed by atoms with Crippen LogP contribution >= 0.6 is 0 Å². The van der Waals surface area contributed by atoms with Gasteiger partial charge in [-0.05, 0) is 54.5 Å². The molecule has 1 aliphatic rings. The van der Waals surface area contributed by atoms with Crippen molar-refractivity contribution in [1.82, 2.24) is 0 Å². The molecule has 2 nitrogen and oxygen atoms in total. The predicted molar refractivity (Wildman–Crippen MR) is 136 cm³/mol. The van der Waals surface area contributed by atoms with E-state index in [-0.39, 0.29) is 5.82 Å². The van der Waals surface area contributed by atoms with Gasteiger partial charge in [0.15, 0.2) is 11.8 Å². The molecule has 170 valence electrons. The van der Waals surface area contributed by atoms with Crippen molar-refractivity contribution in [3.05, 3.63) is 89.9 Å². The summed E-state index contributed by atoms with van der Waals surface area (Å²) in [7, 11) is 2.01. The van der Waals surface area contributed by atoms with Crippen molar-refractivity contribution in [1.29, 1.82) is 0 Å². The average molecular weight is 451 g/mol. The summed E-state index contributed by atoms with van der Waals surface area (Å²) in [5.74, 6) is 0.439. The number of halogens is 1. The molecule has 0 atom stereocenters. The highest BCUT2D eigenvalue weighted by atomic mass is 19.1. The van der Waals surface area contributed by atoms with Gasteiger partial charge in [-0.25, -0.2) is 8.96 Å². The summed E-state index contributed by atoms with van der Waals surface area (Å²) < 4.78 is 23.9. The maximum atomic E-state index is 15.3. The van der Waals surface area contributed by atoms with Crippen molar-refractivity contribution in [2.75, 3.05) is 0 Å². The number of rotatable bonds is 3. The highest BCUT2D eigenvalue weighted by Gasteiger charge is 2.24. The van der Waals surface area contributed by atoms with Crippen LogP contribution in [0.15, 0.2) is 77.3 Å². The standard InChI is InChI=1S/C31H29FNO/c1-20-19-26(32)29-25-12-8-11-24(23-16-14-22(15-17-23)21-9-4-3-5-10-21)30(25)34-31(29)28(20)27-13-6-7-18-33(27)2/h6-8,11-19,21H,3-5,9-10H2,1-2H3/q+1. The third-order valence-corrected chi connectivity index (χ3v) is 7.53. The third-order valence-electron chi connectivity index (χ3n) is 7.53. The molecular formula is C31H29FNO+. The fraction of sp³-hybridized carbons (Fsp3) is 0.258. The zero-order valence-electron chi connectivity index (χ0n) is 19.8. The first-order valence-electron chi connectivity index (χ1n) is 12.3. The third kappa shape index (κ3) is 3.42. The Bertz CT molecular complexity index is 1510. The Morgan fingerprint density at radius 3 is 2.44 bits per heavy atom. The number of nitrogens with zero attached hydrogens (tertiary/aromatic N) is 1. The van der Waals surface area contributed by atoms with Gasteiger partial charge < -0.3 is 4.42 Å². The van der Waals surface area contributed by atoms with Crippen molar-refractivity contribution in [2.24, 2.45) is 7.05 Å². The Kier molecular flexibility index (Phi) is 5.21. The van der Waals surface area contributed by atoms with E-state index < -0.39 is 0 Å². The van der Waals surface area contributed by atoms with Gasteiger partial charge in [-0.1, -0.05) is 61.7 Å². The van der Waals surface area contributed by atoms with E-state index in [2.05, 4.69) is 41.0 Å². The van der Waals surface area contributed by atoms with Crippen LogP contribution in [0.4, 0.5) is 4.39 Å². The minimum Gasteiger partial charge on any atom is -0.454 e. The molecule has 3 aromatic carbocycles. The summed E-state index contributed by atoms with van der Waals surface area (Å²) in [6.07, 6.45) is 8.61. The zero-order chi connectivity index (χ0) is 23.2. The van der Waals surface area contributed by atoms with Crippen LogP contribution in [0.25, 0.3) is 44.3 Å². The number of furan rings is 1.